The van der Waals surface area contributed by atoms with E-state index in [4.69, 9.17) is 0 Å². The number of phenols is 1. The minimum atomic E-state index is 0.445. The molecule has 0 radical (unpaired) electrons. The number of hydrogen-bond donors (Lipinski definition) is 1. The molecule has 82 valence electrons. The van der Waals surface area contributed by atoms with Crippen molar-refractivity contribution in [3.63, 3.8) is 0 Å². The second kappa shape index (κ2) is 3.41. The van der Waals surface area contributed by atoms with Crippen LogP contribution in [0.15, 0.2) is 30.3 Å². The normalized spacial score (nSPS) is 15.2. The molecule has 0 unspecified atom stereocenters. The molecule has 0 saturated heterocycles. The molecular weight excluding hydrogens is 198 g/mol. The van der Waals surface area contributed by atoms with Gasteiger partial charge >= 0.3 is 0 Å². The van der Waals surface area contributed by atoms with Gasteiger partial charge in [-0.1, -0.05) is 24.3 Å². The molecule has 1 aliphatic rings. The van der Waals surface area contributed by atoms with Gasteiger partial charge in [0.25, 0.3) is 0 Å². The van der Waals surface area contributed by atoms with Crippen LogP contribution >= 0.6 is 0 Å². The minimum Gasteiger partial charge on any atom is -0.508 e. The molecule has 3 rings (SSSR count). The summed E-state index contributed by atoms with van der Waals surface area (Å²) in [5, 5.41) is 12.4. The molecule has 0 amide bonds. The van der Waals surface area contributed by atoms with Gasteiger partial charge in [0.15, 0.2) is 0 Å². The third-order valence-corrected chi connectivity index (χ3v) is 3.41. The molecule has 0 spiro atoms. The van der Waals surface area contributed by atoms with E-state index in [-0.39, 0.29) is 0 Å². The van der Waals surface area contributed by atoms with Crippen molar-refractivity contribution >= 4 is 16.5 Å². The molecule has 2 nitrogen and oxygen atoms in total. The number of benzene rings is 2. The topological polar surface area (TPSA) is 23.5 Å². The largest absolute Gasteiger partial charge is 0.508 e. The average Bonchev–Trinajstić information content (AvgIpc) is 2.30. The van der Waals surface area contributed by atoms with Gasteiger partial charge in [0.05, 0.1) is 5.69 Å². The highest BCUT2D eigenvalue weighted by Crippen LogP contribution is 2.39. The fraction of sp³-hybridized carbons (Fsp3) is 0.286. The summed E-state index contributed by atoms with van der Waals surface area (Å²) < 4.78 is 0. The highest BCUT2D eigenvalue weighted by molar-refractivity contribution is 5.98. The SMILES string of the molecule is CN1CCCc2c(O)cc3ccccc3c21. The molecule has 2 heteroatoms. The number of hydrogen-bond acceptors (Lipinski definition) is 2. The maximum absolute atomic E-state index is 10.0. The van der Waals surface area contributed by atoms with Gasteiger partial charge in [-0.25, -0.2) is 0 Å². The van der Waals surface area contributed by atoms with Crippen molar-refractivity contribution in [1.82, 2.24) is 0 Å². The lowest BCUT2D eigenvalue weighted by molar-refractivity contribution is 0.466. The number of phenolic OH excluding ortho intramolecular Hbond substituents is 1. The summed E-state index contributed by atoms with van der Waals surface area (Å²) in [7, 11) is 2.10. The summed E-state index contributed by atoms with van der Waals surface area (Å²) in [6.07, 6.45) is 2.10. The first kappa shape index (κ1) is 9.52. The predicted molar refractivity (Wildman–Crippen MR) is 67.2 cm³/mol. The van der Waals surface area contributed by atoms with Crippen molar-refractivity contribution in [2.45, 2.75) is 12.8 Å². The van der Waals surface area contributed by atoms with Crippen LogP contribution in [0.3, 0.4) is 0 Å². The molecule has 0 atom stereocenters. The average molecular weight is 213 g/mol. The maximum Gasteiger partial charge on any atom is 0.121 e. The summed E-state index contributed by atoms with van der Waals surface area (Å²) in [4.78, 5) is 2.25. The Kier molecular flexibility index (Phi) is 2.03. The van der Waals surface area contributed by atoms with E-state index < -0.39 is 0 Å². The lowest BCUT2D eigenvalue weighted by Gasteiger charge is -2.29. The summed E-state index contributed by atoms with van der Waals surface area (Å²) in [6.45, 7) is 1.07. The molecular formula is C14H15NO. The Morgan fingerprint density at radius 1 is 1.25 bits per heavy atom. The van der Waals surface area contributed by atoms with Gasteiger partial charge < -0.3 is 10.0 Å². The van der Waals surface area contributed by atoms with E-state index in [0.717, 1.165) is 30.3 Å². The van der Waals surface area contributed by atoms with Gasteiger partial charge in [-0.05, 0) is 24.3 Å². The molecule has 1 N–H and O–H groups in total. The monoisotopic (exact) mass is 213 g/mol. The molecule has 1 heterocycles. The van der Waals surface area contributed by atoms with Crippen LogP contribution in [0.4, 0.5) is 5.69 Å². The molecule has 0 saturated carbocycles. The Hall–Kier alpha value is -1.70. The van der Waals surface area contributed by atoms with E-state index in [1.807, 2.05) is 12.1 Å². The second-order valence-corrected chi connectivity index (χ2v) is 4.47. The first-order valence-corrected chi connectivity index (χ1v) is 5.72. The van der Waals surface area contributed by atoms with Crippen LogP contribution in [-0.4, -0.2) is 18.7 Å². The summed E-state index contributed by atoms with van der Waals surface area (Å²) in [6, 6.07) is 10.1. The number of rotatable bonds is 0. The standard InChI is InChI=1S/C14H15NO/c1-15-8-4-7-12-13(16)9-10-5-2-3-6-11(10)14(12)15/h2-3,5-6,9,16H,4,7-8H2,1H3. The maximum atomic E-state index is 10.0. The molecule has 0 aromatic heterocycles. The van der Waals surface area contributed by atoms with Gasteiger partial charge in [0.2, 0.25) is 0 Å². The molecule has 1 aliphatic heterocycles. The predicted octanol–water partition coefficient (Wildman–Crippen LogP) is 2.93. The van der Waals surface area contributed by atoms with E-state index in [9.17, 15) is 5.11 Å². The molecule has 2 aromatic rings. The zero-order valence-corrected chi connectivity index (χ0v) is 9.40. The number of fused-ring (bicyclic) bond motifs is 3. The fourth-order valence-electron chi connectivity index (χ4n) is 2.64. The minimum absolute atomic E-state index is 0.445. The van der Waals surface area contributed by atoms with Gasteiger partial charge in [0.1, 0.15) is 5.75 Å². The molecule has 0 aliphatic carbocycles. The van der Waals surface area contributed by atoms with Crippen molar-refractivity contribution in [1.29, 1.82) is 0 Å². The lowest BCUT2D eigenvalue weighted by Crippen LogP contribution is -2.24. The summed E-state index contributed by atoms with van der Waals surface area (Å²) in [5.41, 5.74) is 2.31. The third-order valence-electron chi connectivity index (χ3n) is 3.41. The molecule has 0 fully saturated rings. The Morgan fingerprint density at radius 2 is 2.06 bits per heavy atom. The Balaban J connectivity index is 2.41. The lowest BCUT2D eigenvalue weighted by atomic mass is 9.95. The van der Waals surface area contributed by atoms with Crippen LogP contribution in [0.25, 0.3) is 10.8 Å². The third kappa shape index (κ3) is 1.26. The Morgan fingerprint density at radius 3 is 2.94 bits per heavy atom. The number of anilines is 1. The van der Waals surface area contributed by atoms with Crippen molar-refractivity contribution in [2.24, 2.45) is 0 Å². The van der Waals surface area contributed by atoms with Crippen LogP contribution < -0.4 is 4.90 Å². The van der Waals surface area contributed by atoms with Gasteiger partial charge in [-0.15, -0.1) is 0 Å². The smallest absolute Gasteiger partial charge is 0.121 e. The quantitative estimate of drug-likeness (QED) is 0.727. The Bertz CT molecular complexity index is 548. The van der Waals surface area contributed by atoms with Crippen molar-refractivity contribution < 1.29 is 5.11 Å². The first-order valence-electron chi connectivity index (χ1n) is 5.72. The summed E-state index contributed by atoms with van der Waals surface area (Å²) in [5.74, 6) is 0.445. The van der Waals surface area contributed by atoms with Crippen LogP contribution in [0, 0.1) is 0 Å². The highest BCUT2D eigenvalue weighted by Gasteiger charge is 2.19. The van der Waals surface area contributed by atoms with Crippen molar-refractivity contribution in [3.05, 3.63) is 35.9 Å². The van der Waals surface area contributed by atoms with Gasteiger partial charge in [0, 0.05) is 24.5 Å². The second-order valence-electron chi connectivity index (χ2n) is 4.47. The van der Waals surface area contributed by atoms with Crippen LogP contribution in [-0.2, 0) is 6.42 Å². The van der Waals surface area contributed by atoms with Crippen molar-refractivity contribution in [3.8, 4) is 5.75 Å². The van der Waals surface area contributed by atoms with E-state index >= 15 is 0 Å². The van der Waals surface area contributed by atoms with E-state index in [0.29, 0.717) is 5.75 Å². The van der Waals surface area contributed by atoms with E-state index in [1.165, 1.54) is 11.1 Å². The van der Waals surface area contributed by atoms with Crippen LogP contribution in [0.1, 0.15) is 12.0 Å². The first-order chi connectivity index (χ1) is 7.77. The Labute approximate surface area is 95.1 Å². The number of aromatic hydroxyl groups is 1. The molecule has 0 bridgehead atoms. The zero-order valence-electron chi connectivity index (χ0n) is 9.40. The molecule has 16 heavy (non-hydrogen) atoms. The van der Waals surface area contributed by atoms with Crippen molar-refractivity contribution in [2.75, 3.05) is 18.5 Å². The zero-order chi connectivity index (χ0) is 11.1. The van der Waals surface area contributed by atoms with Crippen LogP contribution in [0.5, 0.6) is 5.75 Å². The highest BCUT2D eigenvalue weighted by atomic mass is 16.3. The molecule has 2 aromatic carbocycles. The van der Waals surface area contributed by atoms with Gasteiger partial charge in [-0.2, -0.15) is 0 Å². The fourth-order valence-corrected chi connectivity index (χ4v) is 2.64. The van der Waals surface area contributed by atoms with E-state index in [2.05, 4.69) is 30.1 Å². The van der Waals surface area contributed by atoms with E-state index in [1.54, 1.807) is 0 Å². The number of nitrogens with zero attached hydrogens (tertiary/aromatic N) is 1. The summed E-state index contributed by atoms with van der Waals surface area (Å²) >= 11 is 0. The van der Waals surface area contributed by atoms with Gasteiger partial charge in [-0.3, -0.25) is 0 Å². The van der Waals surface area contributed by atoms with Crippen LogP contribution in [0.2, 0.25) is 0 Å².